The van der Waals surface area contributed by atoms with Gasteiger partial charge in [-0.05, 0) is 36.4 Å². The molecule has 0 saturated carbocycles. The summed E-state index contributed by atoms with van der Waals surface area (Å²) < 4.78 is 5.56. The summed E-state index contributed by atoms with van der Waals surface area (Å²) in [5.74, 6) is -1.44. The molecule has 4 N–H and O–H groups in total. The van der Waals surface area contributed by atoms with E-state index in [0.717, 1.165) is 17.7 Å². The first kappa shape index (κ1) is 37.4. The second-order valence-corrected chi connectivity index (χ2v) is 12.1. The van der Waals surface area contributed by atoms with Gasteiger partial charge in [-0.2, -0.15) is 0 Å². The predicted molar refractivity (Wildman–Crippen MR) is 169 cm³/mol. The van der Waals surface area contributed by atoms with E-state index in [9.17, 15) is 29.4 Å². The molecule has 1 aromatic carbocycles. The van der Waals surface area contributed by atoms with Gasteiger partial charge in [-0.3, -0.25) is 33.9 Å². The van der Waals surface area contributed by atoms with E-state index in [4.69, 9.17) is 10.5 Å². The second kappa shape index (κ2) is 20.3. The predicted octanol–water partition coefficient (Wildman–Crippen LogP) is 1.06. The van der Waals surface area contributed by atoms with Gasteiger partial charge in [-0.25, -0.2) is 0 Å². The highest BCUT2D eigenvalue weighted by atomic mass is 16.5. The minimum Gasteiger partial charge on any atom is -0.480 e. The Hall–Kier alpha value is -2.74. The number of nitrogens with zero attached hydrogens (tertiary/aromatic N) is 4. The van der Waals surface area contributed by atoms with Crippen molar-refractivity contribution < 1.29 is 34.1 Å². The molecule has 12 heteroatoms. The molecule has 1 fully saturated rings. The van der Waals surface area contributed by atoms with Gasteiger partial charge >= 0.3 is 11.9 Å². The molecule has 1 aromatic rings. The molecular weight excluding hydrogens is 566 g/mol. The maximum atomic E-state index is 13.0. The van der Waals surface area contributed by atoms with Crippen LogP contribution in [0.4, 0.5) is 0 Å². The van der Waals surface area contributed by atoms with Crippen molar-refractivity contribution in [1.29, 1.82) is 0 Å². The Morgan fingerprint density at radius 3 is 1.68 bits per heavy atom. The van der Waals surface area contributed by atoms with Crippen LogP contribution in [0, 0.1) is 5.92 Å². The van der Waals surface area contributed by atoms with Crippen molar-refractivity contribution in [2.24, 2.45) is 11.7 Å². The molecule has 0 unspecified atom stereocenters. The van der Waals surface area contributed by atoms with E-state index in [-0.39, 0.29) is 37.8 Å². The molecule has 1 saturated heterocycles. The van der Waals surface area contributed by atoms with Crippen molar-refractivity contribution in [3.63, 3.8) is 0 Å². The van der Waals surface area contributed by atoms with Crippen molar-refractivity contribution >= 4 is 23.5 Å². The number of Topliss-reactive ketones (excluding diaryl/α,β-unsaturated/α-hetero) is 2. The fraction of sp³-hybridized carbons (Fsp3) is 0.688. The molecular formula is C32H53N5O7. The van der Waals surface area contributed by atoms with Crippen LogP contribution in [0.1, 0.15) is 44.7 Å². The summed E-state index contributed by atoms with van der Waals surface area (Å²) in [7, 11) is 0. The third kappa shape index (κ3) is 15.8. The number of ether oxygens (including phenoxy) is 1. The number of carboxylic acids is 2. The van der Waals surface area contributed by atoms with Crippen LogP contribution in [0.2, 0.25) is 0 Å². The van der Waals surface area contributed by atoms with E-state index in [2.05, 4.69) is 4.90 Å². The zero-order valence-electron chi connectivity index (χ0n) is 26.8. The van der Waals surface area contributed by atoms with E-state index in [1.807, 2.05) is 59.7 Å². The summed E-state index contributed by atoms with van der Waals surface area (Å²) in [4.78, 5) is 56.1. The Morgan fingerprint density at radius 1 is 0.773 bits per heavy atom. The van der Waals surface area contributed by atoms with Crippen LogP contribution in [-0.4, -0.2) is 145 Å². The maximum absolute atomic E-state index is 13.0. The van der Waals surface area contributed by atoms with Crippen LogP contribution in [0.3, 0.4) is 0 Å². The van der Waals surface area contributed by atoms with Gasteiger partial charge in [-0.15, -0.1) is 0 Å². The van der Waals surface area contributed by atoms with Gasteiger partial charge in [0.1, 0.15) is 12.4 Å². The zero-order chi connectivity index (χ0) is 32.5. The molecule has 0 amide bonds. The molecule has 0 aliphatic carbocycles. The molecule has 0 aromatic heterocycles. The molecule has 1 heterocycles. The number of carbonyl (C=O) groups is 4. The fourth-order valence-corrected chi connectivity index (χ4v) is 5.18. The van der Waals surface area contributed by atoms with E-state index in [1.165, 1.54) is 0 Å². The highest BCUT2D eigenvalue weighted by Crippen LogP contribution is 2.10. The molecule has 248 valence electrons. The molecule has 0 radical (unpaired) electrons. The average Bonchev–Trinajstić information content (AvgIpc) is 2.95. The third-order valence-electron chi connectivity index (χ3n) is 7.86. The van der Waals surface area contributed by atoms with Crippen molar-refractivity contribution in [2.75, 3.05) is 85.1 Å². The largest absolute Gasteiger partial charge is 0.480 e. The Morgan fingerprint density at radius 2 is 1.23 bits per heavy atom. The molecule has 44 heavy (non-hydrogen) atoms. The number of hydrogen-bond donors (Lipinski definition) is 3. The number of benzene rings is 1. The molecule has 2 rings (SSSR count). The van der Waals surface area contributed by atoms with Crippen LogP contribution >= 0.6 is 0 Å². The van der Waals surface area contributed by atoms with E-state index >= 15 is 0 Å². The lowest BCUT2D eigenvalue weighted by atomic mass is 10.0. The highest BCUT2D eigenvalue weighted by Gasteiger charge is 2.20. The number of rotatable bonds is 17. The first-order chi connectivity index (χ1) is 20.9. The summed E-state index contributed by atoms with van der Waals surface area (Å²) >= 11 is 0. The second-order valence-electron chi connectivity index (χ2n) is 12.1. The molecule has 1 aliphatic rings. The molecule has 1 atom stereocenters. The summed E-state index contributed by atoms with van der Waals surface area (Å²) in [5.41, 5.74) is 7.88. The number of aliphatic carboxylic acids is 2. The summed E-state index contributed by atoms with van der Waals surface area (Å²) in [6, 6.07) is 7.28. The zero-order valence-corrected chi connectivity index (χ0v) is 26.8. The number of hydrogen-bond acceptors (Lipinski definition) is 10. The van der Waals surface area contributed by atoms with Crippen LogP contribution in [0.5, 0.6) is 0 Å². The van der Waals surface area contributed by atoms with Gasteiger partial charge in [0.25, 0.3) is 0 Å². The maximum Gasteiger partial charge on any atom is 0.317 e. The minimum absolute atomic E-state index is 0.0139. The number of nitrogens with two attached hydrogens (primary N) is 1. The number of carboxylic acid groups (broad SMARTS) is 2. The monoisotopic (exact) mass is 619 g/mol. The van der Waals surface area contributed by atoms with E-state index < -0.39 is 18.0 Å². The standard InChI is InChI=1S/C32H53N5O7/c1-4-34-11-13-36(21-31(40)41)17-15-35(16-18-37(14-12-34)22-32(42)43)20-28(38)10-9-26-5-7-27(8-6-26)23-44-24-30(39)29(33)19-25(2)3/h5-8,25,29H,4,9-24,33H2,1-3H3,(H,40,41)(H,42,43)/t29-/m1/s1. The number of aryl methyl sites for hydroxylation is 1. The molecule has 0 bridgehead atoms. The third-order valence-corrected chi connectivity index (χ3v) is 7.86. The van der Waals surface area contributed by atoms with Crippen molar-refractivity contribution in [3.8, 4) is 0 Å². The minimum atomic E-state index is -0.882. The van der Waals surface area contributed by atoms with Crippen molar-refractivity contribution in [3.05, 3.63) is 35.4 Å². The van der Waals surface area contributed by atoms with Crippen LogP contribution < -0.4 is 5.73 Å². The van der Waals surface area contributed by atoms with Gasteiger partial charge < -0.3 is 25.6 Å². The van der Waals surface area contributed by atoms with E-state index in [0.29, 0.717) is 84.1 Å². The van der Waals surface area contributed by atoms with Gasteiger partial charge in [0.15, 0.2) is 5.78 Å². The van der Waals surface area contributed by atoms with Gasteiger partial charge in [-0.1, -0.05) is 45.0 Å². The van der Waals surface area contributed by atoms with Crippen LogP contribution in [0.15, 0.2) is 24.3 Å². The van der Waals surface area contributed by atoms with Crippen molar-refractivity contribution in [1.82, 2.24) is 19.6 Å². The Kier molecular flexibility index (Phi) is 17.3. The molecule has 1 aliphatic heterocycles. The average molecular weight is 620 g/mol. The quantitative estimate of drug-likeness (QED) is 0.228. The number of likely N-dealkylation sites (N-methyl/N-ethyl adjacent to an activating group) is 1. The lowest BCUT2D eigenvalue weighted by molar-refractivity contribution is -0.139. The van der Waals surface area contributed by atoms with E-state index in [1.54, 1.807) is 0 Å². The molecule has 0 spiro atoms. The lowest BCUT2D eigenvalue weighted by Crippen LogP contribution is -2.48. The lowest BCUT2D eigenvalue weighted by Gasteiger charge is -2.33. The first-order valence-electron chi connectivity index (χ1n) is 15.7. The van der Waals surface area contributed by atoms with Crippen LogP contribution in [0.25, 0.3) is 0 Å². The van der Waals surface area contributed by atoms with Crippen molar-refractivity contribution in [2.45, 2.75) is 52.7 Å². The summed E-state index contributed by atoms with van der Waals surface area (Å²) in [6.07, 6.45) is 1.58. The van der Waals surface area contributed by atoms with Gasteiger partial charge in [0, 0.05) is 58.8 Å². The Bertz CT molecular complexity index is 1000. The fourth-order valence-electron chi connectivity index (χ4n) is 5.18. The number of ketones is 2. The Balaban J connectivity index is 1.90. The summed E-state index contributed by atoms with van der Waals surface area (Å²) in [6.45, 7) is 11.9. The molecule has 12 nitrogen and oxygen atoms in total. The SMILES string of the molecule is CCN1CCN(CC(=O)O)CCN(CC(=O)CCc2ccc(COCC(=O)[C@H](N)CC(C)C)cc2)CCN(CC(=O)O)CC1. The normalized spacial score (nSPS) is 17.6. The van der Waals surface area contributed by atoms with Gasteiger partial charge in [0.2, 0.25) is 0 Å². The topological polar surface area (TPSA) is 157 Å². The first-order valence-corrected chi connectivity index (χ1v) is 15.7. The summed E-state index contributed by atoms with van der Waals surface area (Å²) in [5, 5.41) is 18.8. The highest BCUT2D eigenvalue weighted by molar-refractivity contribution is 5.84. The van der Waals surface area contributed by atoms with Gasteiger partial charge in [0.05, 0.1) is 32.3 Å². The number of carbonyl (C=O) groups excluding carboxylic acids is 2. The Labute approximate surface area is 262 Å². The van der Waals surface area contributed by atoms with Crippen LogP contribution in [-0.2, 0) is 36.9 Å². The smallest absolute Gasteiger partial charge is 0.317 e.